The summed E-state index contributed by atoms with van der Waals surface area (Å²) in [5.74, 6) is 0. The van der Waals surface area contributed by atoms with E-state index in [2.05, 4.69) is 78.3 Å². The minimum Gasteiger partial charge on any atom is -0.103 e. The fourth-order valence-corrected chi connectivity index (χ4v) is 9.91. The van der Waals surface area contributed by atoms with Gasteiger partial charge < -0.3 is 0 Å². The summed E-state index contributed by atoms with van der Waals surface area (Å²) < 4.78 is 0. The minimum absolute atomic E-state index is 0.525. The molecule has 1 heteroatoms. The lowest BCUT2D eigenvalue weighted by atomic mass is 10.4. The molecular weight excluding hydrogens is 220 g/mol. The smallest absolute Gasteiger partial charge is 0.0799 e. The van der Waals surface area contributed by atoms with Gasteiger partial charge in [0.1, 0.15) is 0 Å². The molecule has 0 heterocycles. The molecule has 0 radical (unpaired) electrons. The van der Waals surface area contributed by atoms with Crippen LogP contribution >= 0.6 is 0 Å². The van der Waals surface area contributed by atoms with Gasteiger partial charge in [-0.3, -0.25) is 0 Å². The van der Waals surface area contributed by atoms with Crippen molar-refractivity contribution in [3.05, 3.63) is 50.6 Å². The first-order chi connectivity index (χ1) is 7.93. The third kappa shape index (κ3) is 2.71. The molecule has 0 saturated heterocycles. The van der Waals surface area contributed by atoms with E-state index in [0.717, 1.165) is 0 Å². The summed E-state index contributed by atoms with van der Waals surface area (Å²) in [4.78, 5) is 0. The maximum Gasteiger partial charge on any atom is 0.0799 e. The molecule has 0 amide bonds. The van der Waals surface area contributed by atoms with Gasteiger partial charge >= 0.3 is 0 Å². The second kappa shape index (κ2) is 6.80. The quantitative estimate of drug-likeness (QED) is 0.379. The van der Waals surface area contributed by atoms with E-state index >= 15 is 0 Å². The monoisotopic (exact) mass is 248 g/mol. The molecule has 0 nitrogen and oxygen atoms in total. The largest absolute Gasteiger partial charge is 0.103 e. The Labute approximate surface area is 109 Å². The van der Waals surface area contributed by atoms with Gasteiger partial charge in [-0.25, -0.2) is 0 Å². The van der Waals surface area contributed by atoms with E-state index in [9.17, 15) is 0 Å². The third-order valence-electron chi connectivity index (χ3n) is 4.57. The Morgan fingerprint density at radius 1 is 0.588 bits per heavy atom. The van der Waals surface area contributed by atoms with E-state index < -0.39 is 8.07 Å². The van der Waals surface area contributed by atoms with Gasteiger partial charge in [0.15, 0.2) is 0 Å². The fraction of sp³-hybridized carbons (Fsp3) is 0.500. The Morgan fingerprint density at radius 2 is 0.765 bits per heavy atom. The van der Waals surface area contributed by atoms with Crippen LogP contribution in [0.5, 0.6) is 0 Å². The predicted molar refractivity (Wildman–Crippen MR) is 84.2 cm³/mol. The highest BCUT2D eigenvalue weighted by Crippen LogP contribution is 2.51. The van der Waals surface area contributed by atoms with Gasteiger partial charge in [0.25, 0.3) is 0 Å². The van der Waals surface area contributed by atoms with E-state index in [1.165, 1.54) is 0 Å². The van der Waals surface area contributed by atoms with Crippen molar-refractivity contribution in [2.45, 2.75) is 49.9 Å². The van der Waals surface area contributed by atoms with Crippen LogP contribution in [0.15, 0.2) is 50.6 Å². The summed E-state index contributed by atoms with van der Waals surface area (Å²) in [7, 11) is -1.68. The molecule has 0 aliphatic rings. The normalized spacial score (nSPS) is 21.4. The summed E-state index contributed by atoms with van der Waals surface area (Å²) in [5, 5.41) is 0. The molecule has 0 rings (SSSR count). The van der Waals surface area contributed by atoms with E-state index in [1.54, 1.807) is 0 Å². The lowest BCUT2D eigenvalue weighted by Crippen LogP contribution is -2.48. The second-order valence-electron chi connectivity index (χ2n) is 5.10. The highest BCUT2D eigenvalue weighted by molar-refractivity contribution is 6.86. The second-order valence-corrected chi connectivity index (χ2v) is 10.7. The fourth-order valence-electron chi connectivity index (χ4n) is 3.30. The SMILES string of the molecule is C=CC(C)[Si](C(C)C=C)(C(C)C=C)C(C)C=C. The predicted octanol–water partition coefficient (Wildman–Crippen LogP) is 5.74. The minimum atomic E-state index is -1.68. The van der Waals surface area contributed by atoms with Gasteiger partial charge in [-0.2, -0.15) is 0 Å². The van der Waals surface area contributed by atoms with E-state index in [0.29, 0.717) is 22.2 Å². The van der Waals surface area contributed by atoms with Crippen molar-refractivity contribution < 1.29 is 0 Å². The molecule has 4 atom stereocenters. The molecule has 0 aromatic heterocycles. The number of hydrogen-bond donors (Lipinski definition) is 0. The van der Waals surface area contributed by atoms with Crippen LogP contribution < -0.4 is 0 Å². The van der Waals surface area contributed by atoms with E-state index in [1.807, 2.05) is 0 Å². The molecule has 0 spiro atoms. The Morgan fingerprint density at radius 3 is 0.882 bits per heavy atom. The molecule has 0 aliphatic carbocycles. The Hall–Kier alpha value is -0.823. The zero-order valence-corrected chi connectivity index (χ0v) is 12.9. The van der Waals surface area contributed by atoms with Crippen molar-refractivity contribution >= 4 is 8.07 Å². The van der Waals surface area contributed by atoms with Crippen LogP contribution in [0.4, 0.5) is 0 Å². The molecule has 96 valence electrons. The average molecular weight is 248 g/mol. The summed E-state index contributed by atoms with van der Waals surface area (Å²) >= 11 is 0. The third-order valence-corrected chi connectivity index (χ3v) is 11.8. The van der Waals surface area contributed by atoms with Crippen molar-refractivity contribution in [2.75, 3.05) is 0 Å². The molecule has 0 saturated carbocycles. The van der Waals surface area contributed by atoms with E-state index in [-0.39, 0.29) is 0 Å². The van der Waals surface area contributed by atoms with Crippen molar-refractivity contribution in [3.63, 3.8) is 0 Å². The molecular formula is C16H28Si. The summed E-state index contributed by atoms with van der Waals surface area (Å²) in [6.45, 7) is 25.2. The first kappa shape index (κ1) is 16.2. The van der Waals surface area contributed by atoms with Crippen LogP contribution in [0.2, 0.25) is 22.2 Å². The molecule has 0 aromatic rings. The molecule has 4 unspecified atom stereocenters. The number of allylic oxidation sites excluding steroid dienone is 4. The van der Waals surface area contributed by atoms with Gasteiger partial charge in [-0.05, 0) is 22.2 Å². The zero-order chi connectivity index (χ0) is 13.6. The molecule has 0 fully saturated rings. The summed E-state index contributed by atoms with van der Waals surface area (Å²) in [6, 6.07) is 0. The highest BCUT2D eigenvalue weighted by Gasteiger charge is 2.47. The topological polar surface area (TPSA) is 0 Å². The maximum atomic E-state index is 4.01. The summed E-state index contributed by atoms with van der Waals surface area (Å²) in [6.07, 6.45) is 8.41. The maximum absolute atomic E-state index is 4.01. The molecule has 0 bridgehead atoms. The van der Waals surface area contributed by atoms with E-state index in [4.69, 9.17) is 0 Å². The van der Waals surface area contributed by atoms with Crippen molar-refractivity contribution in [3.8, 4) is 0 Å². The lowest BCUT2D eigenvalue weighted by molar-refractivity contribution is 0.862. The average Bonchev–Trinajstić information content (AvgIpc) is 2.37. The Bertz CT molecular complexity index is 228. The van der Waals surface area contributed by atoms with Crippen molar-refractivity contribution in [2.24, 2.45) is 0 Å². The zero-order valence-electron chi connectivity index (χ0n) is 11.9. The van der Waals surface area contributed by atoms with Crippen LogP contribution in [0.1, 0.15) is 27.7 Å². The lowest BCUT2D eigenvalue weighted by Gasteiger charge is -2.47. The Balaban J connectivity index is 5.84. The van der Waals surface area contributed by atoms with Crippen LogP contribution in [0, 0.1) is 0 Å². The van der Waals surface area contributed by atoms with Crippen LogP contribution in [-0.2, 0) is 0 Å². The van der Waals surface area contributed by atoms with Gasteiger partial charge in [-0.15, -0.1) is 26.3 Å². The standard InChI is InChI=1S/C16H28Si/c1-9-13(5)17(14(6)10-2,15(7)11-3)16(8)12-4/h9-16H,1-4H2,5-8H3. The first-order valence-electron chi connectivity index (χ1n) is 6.43. The van der Waals surface area contributed by atoms with Gasteiger partial charge in [0.05, 0.1) is 8.07 Å². The van der Waals surface area contributed by atoms with Gasteiger partial charge in [0, 0.05) is 0 Å². The molecule has 17 heavy (non-hydrogen) atoms. The first-order valence-corrected chi connectivity index (χ1v) is 8.74. The van der Waals surface area contributed by atoms with Crippen molar-refractivity contribution in [1.29, 1.82) is 0 Å². The number of hydrogen-bond acceptors (Lipinski definition) is 0. The Kier molecular flexibility index (Phi) is 6.47. The van der Waals surface area contributed by atoms with Crippen LogP contribution in [0.25, 0.3) is 0 Å². The summed E-state index contributed by atoms with van der Waals surface area (Å²) in [5.41, 5.74) is 2.10. The van der Waals surface area contributed by atoms with Gasteiger partial charge in [-0.1, -0.05) is 52.0 Å². The number of rotatable bonds is 8. The van der Waals surface area contributed by atoms with Crippen LogP contribution in [0.3, 0.4) is 0 Å². The van der Waals surface area contributed by atoms with Crippen LogP contribution in [-0.4, -0.2) is 8.07 Å². The highest BCUT2D eigenvalue weighted by atomic mass is 28.3. The van der Waals surface area contributed by atoms with Gasteiger partial charge in [0.2, 0.25) is 0 Å². The molecule has 0 N–H and O–H groups in total. The molecule has 0 aromatic carbocycles. The van der Waals surface area contributed by atoms with Crippen molar-refractivity contribution in [1.82, 2.24) is 0 Å². The molecule has 0 aliphatic heterocycles.